The number of aromatic nitrogens is 1. The molecule has 0 bridgehead atoms. The average molecular weight is 223 g/mol. The summed E-state index contributed by atoms with van der Waals surface area (Å²) in [5, 5.41) is 11.5. The van der Waals surface area contributed by atoms with Gasteiger partial charge < -0.3 is 5.32 Å². The van der Waals surface area contributed by atoms with Crippen LogP contribution in [0.3, 0.4) is 0 Å². The van der Waals surface area contributed by atoms with Gasteiger partial charge in [0.05, 0.1) is 18.1 Å². The highest BCUT2D eigenvalue weighted by Gasteiger charge is 2.15. The Labute approximate surface area is 92.9 Å². The van der Waals surface area contributed by atoms with Crippen LogP contribution in [0.4, 0.5) is 0 Å². The summed E-state index contributed by atoms with van der Waals surface area (Å²) >= 11 is 1.49. The van der Waals surface area contributed by atoms with Crippen LogP contribution in [0, 0.1) is 17.2 Å². The van der Waals surface area contributed by atoms with Crippen LogP contribution in [-0.4, -0.2) is 10.9 Å². The van der Waals surface area contributed by atoms with Gasteiger partial charge in [-0.25, -0.2) is 0 Å². The first-order chi connectivity index (χ1) is 7.27. The Bertz CT molecular complexity index is 342. The Morgan fingerprint density at radius 1 is 1.80 bits per heavy atom. The number of nitriles is 1. The van der Waals surface area contributed by atoms with E-state index in [4.69, 9.17) is 5.26 Å². The summed E-state index contributed by atoms with van der Waals surface area (Å²) in [6, 6.07) is 2.01. The summed E-state index contributed by atoms with van der Waals surface area (Å²) in [7, 11) is 0. The first kappa shape index (κ1) is 11.7. The summed E-state index contributed by atoms with van der Waals surface area (Å²) < 4.78 is 0. The lowest BCUT2D eigenvalue weighted by molar-refractivity contribution is -0.123. The second-order valence-corrected chi connectivity index (χ2v) is 4.13. The molecule has 1 unspecified atom stereocenters. The molecular formula is C10H13N3OS. The molecule has 0 saturated heterocycles. The number of amides is 1. The molecule has 0 saturated carbocycles. The van der Waals surface area contributed by atoms with Crippen molar-refractivity contribution < 1.29 is 4.79 Å². The highest BCUT2D eigenvalue weighted by molar-refractivity contribution is 7.09. The van der Waals surface area contributed by atoms with Crippen LogP contribution in [0.1, 0.15) is 24.6 Å². The zero-order valence-electron chi connectivity index (χ0n) is 8.56. The minimum absolute atomic E-state index is 0.187. The third-order valence-corrected chi connectivity index (χ3v) is 2.75. The molecule has 1 aromatic rings. The molecule has 80 valence electrons. The number of rotatable bonds is 5. The van der Waals surface area contributed by atoms with E-state index >= 15 is 0 Å². The quantitative estimate of drug-likeness (QED) is 0.826. The molecule has 4 nitrogen and oxygen atoms in total. The SMILES string of the molecule is CCCC(C#N)C(=O)NCc1cncs1. The van der Waals surface area contributed by atoms with E-state index < -0.39 is 5.92 Å². The monoisotopic (exact) mass is 223 g/mol. The van der Waals surface area contributed by atoms with Crippen molar-refractivity contribution >= 4 is 17.2 Å². The minimum atomic E-state index is -0.525. The van der Waals surface area contributed by atoms with Crippen molar-refractivity contribution in [3.63, 3.8) is 0 Å². The van der Waals surface area contributed by atoms with Gasteiger partial charge in [-0.05, 0) is 6.42 Å². The van der Waals surface area contributed by atoms with Crippen LogP contribution in [0.5, 0.6) is 0 Å². The largest absolute Gasteiger partial charge is 0.350 e. The summed E-state index contributed by atoms with van der Waals surface area (Å²) in [5.41, 5.74) is 1.72. The molecule has 0 fully saturated rings. The van der Waals surface area contributed by atoms with Gasteiger partial charge in [-0.15, -0.1) is 11.3 Å². The third kappa shape index (κ3) is 3.68. The Kier molecular flexibility index (Phi) is 4.78. The number of nitrogens with one attached hydrogen (secondary N) is 1. The fourth-order valence-corrected chi connectivity index (χ4v) is 1.70. The van der Waals surface area contributed by atoms with E-state index in [1.807, 2.05) is 13.0 Å². The fraction of sp³-hybridized carbons (Fsp3) is 0.500. The van der Waals surface area contributed by atoms with Crippen molar-refractivity contribution in [2.75, 3.05) is 0 Å². The average Bonchev–Trinajstić information content (AvgIpc) is 2.75. The molecule has 0 aliphatic rings. The Balaban J connectivity index is 2.38. The molecule has 1 amide bonds. The lowest BCUT2D eigenvalue weighted by Gasteiger charge is -2.07. The van der Waals surface area contributed by atoms with Crippen molar-refractivity contribution in [2.24, 2.45) is 5.92 Å². The number of hydrogen-bond acceptors (Lipinski definition) is 4. The smallest absolute Gasteiger partial charge is 0.237 e. The van der Waals surface area contributed by atoms with Crippen molar-refractivity contribution in [3.05, 3.63) is 16.6 Å². The molecule has 0 aromatic carbocycles. The minimum Gasteiger partial charge on any atom is -0.350 e. The maximum Gasteiger partial charge on any atom is 0.237 e. The van der Waals surface area contributed by atoms with Crippen molar-refractivity contribution in [1.29, 1.82) is 5.26 Å². The molecule has 1 N–H and O–H groups in total. The molecule has 1 rings (SSSR count). The highest BCUT2D eigenvalue weighted by Crippen LogP contribution is 2.07. The highest BCUT2D eigenvalue weighted by atomic mass is 32.1. The van der Waals surface area contributed by atoms with Gasteiger partial charge in [0.15, 0.2) is 0 Å². The Morgan fingerprint density at radius 3 is 3.13 bits per heavy atom. The maximum atomic E-state index is 11.5. The number of hydrogen-bond donors (Lipinski definition) is 1. The second kappa shape index (κ2) is 6.14. The molecule has 0 aliphatic heterocycles. The van der Waals surface area contributed by atoms with Gasteiger partial charge in [-0.2, -0.15) is 5.26 Å². The van der Waals surface area contributed by atoms with E-state index in [1.54, 1.807) is 11.7 Å². The number of carbonyl (C=O) groups is 1. The number of thiazole rings is 1. The van der Waals surface area contributed by atoms with E-state index in [0.29, 0.717) is 13.0 Å². The van der Waals surface area contributed by atoms with Crippen LogP contribution < -0.4 is 5.32 Å². The topological polar surface area (TPSA) is 65.8 Å². The van der Waals surface area contributed by atoms with Gasteiger partial charge in [0, 0.05) is 11.1 Å². The van der Waals surface area contributed by atoms with Crippen molar-refractivity contribution in [2.45, 2.75) is 26.3 Å². The first-order valence-electron chi connectivity index (χ1n) is 4.82. The lowest BCUT2D eigenvalue weighted by atomic mass is 10.1. The van der Waals surface area contributed by atoms with Crippen molar-refractivity contribution in [1.82, 2.24) is 10.3 Å². The van der Waals surface area contributed by atoms with E-state index in [9.17, 15) is 4.79 Å². The summed E-state index contributed by atoms with van der Waals surface area (Å²) in [6.07, 6.45) is 3.17. The maximum absolute atomic E-state index is 11.5. The molecule has 1 atom stereocenters. The molecular weight excluding hydrogens is 210 g/mol. The molecule has 0 radical (unpaired) electrons. The fourth-order valence-electron chi connectivity index (χ4n) is 1.17. The zero-order valence-corrected chi connectivity index (χ0v) is 9.38. The second-order valence-electron chi connectivity index (χ2n) is 3.16. The Hall–Kier alpha value is -1.41. The van der Waals surface area contributed by atoms with E-state index in [2.05, 4.69) is 10.3 Å². The number of carbonyl (C=O) groups excluding carboxylic acids is 1. The van der Waals surface area contributed by atoms with Gasteiger partial charge in [0.25, 0.3) is 0 Å². The molecule has 1 aromatic heterocycles. The standard InChI is InChI=1S/C10H13N3OS/c1-2-3-8(4-11)10(14)13-6-9-5-12-7-15-9/h5,7-8H,2-3,6H2,1H3,(H,13,14). The van der Waals surface area contributed by atoms with Gasteiger partial charge >= 0.3 is 0 Å². The van der Waals surface area contributed by atoms with Gasteiger partial charge in [0.1, 0.15) is 5.92 Å². The summed E-state index contributed by atoms with van der Waals surface area (Å²) in [5.74, 6) is -0.712. The normalized spacial score (nSPS) is 11.7. The van der Waals surface area contributed by atoms with Gasteiger partial charge in [0.2, 0.25) is 5.91 Å². The molecule has 0 aliphatic carbocycles. The zero-order chi connectivity index (χ0) is 11.1. The summed E-state index contributed by atoms with van der Waals surface area (Å²) in [4.78, 5) is 16.4. The van der Waals surface area contributed by atoms with E-state index in [1.165, 1.54) is 11.3 Å². The number of nitrogens with zero attached hydrogens (tertiary/aromatic N) is 2. The van der Waals surface area contributed by atoms with Gasteiger partial charge in [-0.3, -0.25) is 9.78 Å². The van der Waals surface area contributed by atoms with Crippen LogP contribution in [0.15, 0.2) is 11.7 Å². The van der Waals surface area contributed by atoms with E-state index in [0.717, 1.165) is 11.3 Å². The Morgan fingerprint density at radius 2 is 2.60 bits per heavy atom. The van der Waals surface area contributed by atoms with Crippen LogP contribution in [-0.2, 0) is 11.3 Å². The van der Waals surface area contributed by atoms with E-state index in [-0.39, 0.29) is 5.91 Å². The summed E-state index contributed by atoms with van der Waals surface area (Å²) in [6.45, 7) is 2.42. The predicted octanol–water partition coefficient (Wildman–Crippen LogP) is 1.70. The van der Waals surface area contributed by atoms with Crippen LogP contribution >= 0.6 is 11.3 Å². The predicted molar refractivity (Wildman–Crippen MR) is 58.0 cm³/mol. The van der Waals surface area contributed by atoms with Crippen molar-refractivity contribution in [3.8, 4) is 6.07 Å². The lowest BCUT2D eigenvalue weighted by Crippen LogP contribution is -2.29. The third-order valence-electron chi connectivity index (χ3n) is 1.97. The molecule has 15 heavy (non-hydrogen) atoms. The first-order valence-corrected chi connectivity index (χ1v) is 5.70. The molecule has 0 spiro atoms. The van der Waals surface area contributed by atoms with Crippen LogP contribution in [0.25, 0.3) is 0 Å². The van der Waals surface area contributed by atoms with Gasteiger partial charge in [-0.1, -0.05) is 13.3 Å². The molecule has 5 heteroatoms. The van der Waals surface area contributed by atoms with Crippen LogP contribution in [0.2, 0.25) is 0 Å². The molecule has 1 heterocycles.